The number of aryl methyl sites for hydroxylation is 1. The van der Waals surface area contributed by atoms with Crippen molar-refractivity contribution >= 4 is 33.5 Å². The third-order valence-corrected chi connectivity index (χ3v) is 3.88. The van der Waals surface area contributed by atoms with Crippen molar-refractivity contribution in [2.75, 3.05) is 16.8 Å². The van der Waals surface area contributed by atoms with Gasteiger partial charge in [0, 0.05) is 18.0 Å². The Bertz CT molecular complexity index is 326. The minimum Gasteiger partial charge on any atom is -0.365 e. The fourth-order valence-corrected chi connectivity index (χ4v) is 2.86. The lowest BCUT2D eigenvalue weighted by Gasteiger charge is -2.13. The summed E-state index contributed by atoms with van der Waals surface area (Å²) in [7, 11) is 0. The van der Waals surface area contributed by atoms with Crippen LogP contribution in [0.25, 0.3) is 0 Å². The first-order valence-corrected chi connectivity index (χ1v) is 6.54. The molecule has 1 saturated heterocycles. The van der Waals surface area contributed by atoms with Gasteiger partial charge in [-0.2, -0.15) is 11.8 Å². The predicted octanol–water partition coefficient (Wildman–Crippen LogP) is 2.46. The Morgan fingerprint density at radius 1 is 1.64 bits per heavy atom. The van der Waals surface area contributed by atoms with E-state index < -0.39 is 0 Å². The van der Waals surface area contributed by atoms with Crippen molar-refractivity contribution in [3.8, 4) is 0 Å². The molecular weight excluding hydrogens is 262 g/mol. The molecule has 0 bridgehead atoms. The minimum absolute atomic E-state index is 0.561. The quantitative estimate of drug-likeness (QED) is 0.899. The second-order valence-electron chi connectivity index (χ2n) is 3.32. The second kappa shape index (κ2) is 4.49. The number of halogens is 1. The molecule has 0 aliphatic carbocycles. The molecule has 3 nitrogen and oxygen atoms in total. The number of aromatic nitrogens is 2. The van der Waals surface area contributed by atoms with Crippen LogP contribution in [0.2, 0.25) is 0 Å². The van der Waals surface area contributed by atoms with E-state index in [1.807, 2.05) is 18.7 Å². The molecule has 1 aliphatic heterocycles. The van der Waals surface area contributed by atoms with Crippen LogP contribution >= 0.6 is 27.7 Å². The van der Waals surface area contributed by atoms with Crippen molar-refractivity contribution in [3.63, 3.8) is 0 Å². The predicted molar refractivity (Wildman–Crippen MR) is 63.8 cm³/mol. The molecule has 2 rings (SSSR count). The molecule has 2 heterocycles. The maximum atomic E-state index is 4.36. The van der Waals surface area contributed by atoms with E-state index in [2.05, 4.69) is 31.2 Å². The molecule has 5 heteroatoms. The number of anilines is 1. The lowest BCUT2D eigenvalue weighted by atomic mass is 10.2. The number of rotatable bonds is 2. The average molecular weight is 274 g/mol. The van der Waals surface area contributed by atoms with Crippen LogP contribution in [0.5, 0.6) is 0 Å². The van der Waals surface area contributed by atoms with Crippen molar-refractivity contribution < 1.29 is 0 Å². The molecule has 1 aromatic heterocycles. The maximum Gasteiger partial charge on any atom is 0.144 e. The van der Waals surface area contributed by atoms with Gasteiger partial charge in [-0.1, -0.05) is 0 Å². The molecule has 0 radical (unpaired) electrons. The number of hydrogen-bond donors (Lipinski definition) is 1. The van der Waals surface area contributed by atoms with Gasteiger partial charge in [-0.25, -0.2) is 9.97 Å². The van der Waals surface area contributed by atoms with Crippen LogP contribution in [-0.2, 0) is 0 Å². The smallest absolute Gasteiger partial charge is 0.144 e. The number of thioether (sulfide) groups is 1. The Morgan fingerprint density at radius 2 is 2.50 bits per heavy atom. The van der Waals surface area contributed by atoms with Crippen molar-refractivity contribution in [1.29, 1.82) is 0 Å². The Labute approximate surface area is 96.2 Å². The first-order valence-electron chi connectivity index (χ1n) is 4.59. The highest BCUT2D eigenvalue weighted by atomic mass is 79.9. The van der Waals surface area contributed by atoms with E-state index in [1.165, 1.54) is 17.9 Å². The summed E-state index contributed by atoms with van der Waals surface area (Å²) in [6.07, 6.45) is 3.02. The molecule has 1 unspecified atom stereocenters. The molecule has 1 fully saturated rings. The molecule has 0 saturated carbocycles. The van der Waals surface area contributed by atoms with Crippen molar-refractivity contribution in [1.82, 2.24) is 9.97 Å². The van der Waals surface area contributed by atoms with Crippen LogP contribution < -0.4 is 5.32 Å². The normalized spacial score (nSPS) is 21.1. The molecule has 14 heavy (non-hydrogen) atoms. The number of hydrogen-bond acceptors (Lipinski definition) is 4. The molecule has 1 aromatic rings. The largest absolute Gasteiger partial charge is 0.365 e. The lowest BCUT2D eigenvalue weighted by Crippen LogP contribution is -2.19. The first kappa shape index (κ1) is 10.2. The van der Waals surface area contributed by atoms with Crippen molar-refractivity contribution in [3.05, 3.63) is 16.5 Å². The van der Waals surface area contributed by atoms with E-state index >= 15 is 0 Å². The van der Waals surface area contributed by atoms with Gasteiger partial charge in [0.05, 0.1) is 4.47 Å². The Hall–Kier alpha value is -0.290. The van der Waals surface area contributed by atoms with Crippen LogP contribution in [0, 0.1) is 6.92 Å². The summed E-state index contributed by atoms with van der Waals surface area (Å²) in [5.74, 6) is 4.15. The highest BCUT2D eigenvalue weighted by Gasteiger charge is 2.16. The minimum atomic E-state index is 0.561. The number of nitrogens with zero attached hydrogens (tertiary/aromatic N) is 2. The van der Waals surface area contributed by atoms with E-state index in [4.69, 9.17) is 0 Å². The summed E-state index contributed by atoms with van der Waals surface area (Å²) in [5, 5.41) is 3.43. The average Bonchev–Trinajstić information content (AvgIpc) is 2.64. The van der Waals surface area contributed by atoms with Gasteiger partial charge in [-0.15, -0.1) is 0 Å². The van der Waals surface area contributed by atoms with Gasteiger partial charge < -0.3 is 5.32 Å². The highest BCUT2D eigenvalue weighted by Crippen LogP contribution is 2.24. The van der Waals surface area contributed by atoms with E-state index in [-0.39, 0.29) is 0 Å². The summed E-state index contributed by atoms with van der Waals surface area (Å²) in [6, 6.07) is 0.561. The van der Waals surface area contributed by atoms with Gasteiger partial charge in [0.2, 0.25) is 0 Å². The summed E-state index contributed by atoms with van der Waals surface area (Å²) < 4.78 is 0.944. The summed E-state index contributed by atoms with van der Waals surface area (Å²) in [5.41, 5.74) is 0. The molecule has 1 aliphatic rings. The van der Waals surface area contributed by atoms with E-state index in [1.54, 1.807) is 6.20 Å². The van der Waals surface area contributed by atoms with Crippen LogP contribution in [-0.4, -0.2) is 27.5 Å². The molecule has 1 atom stereocenters. The van der Waals surface area contributed by atoms with Gasteiger partial charge >= 0.3 is 0 Å². The third-order valence-electron chi connectivity index (χ3n) is 2.14. The molecule has 0 spiro atoms. The molecule has 76 valence electrons. The van der Waals surface area contributed by atoms with Crippen molar-refractivity contribution in [2.24, 2.45) is 0 Å². The zero-order valence-corrected chi connectivity index (χ0v) is 10.4. The first-order chi connectivity index (χ1) is 6.75. The topological polar surface area (TPSA) is 37.8 Å². The van der Waals surface area contributed by atoms with E-state index in [0.29, 0.717) is 6.04 Å². The zero-order valence-electron chi connectivity index (χ0n) is 7.96. The van der Waals surface area contributed by atoms with Gasteiger partial charge in [0.15, 0.2) is 0 Å². The molecule has 0 aromatic carbocycles. The molecular formula is C9H12BrN3S. The summed E-state index contributed by atoms with van der Waals surface area (Å²) in [6.45, 7) is 1.90. The van der Waals surface area contributed by atoms with Crippen LogP contribution in [0.4, 0.5) is 5.82 Å². The zero-order chi connectivity index (χ0) is 9.97. The monoisotopic (exact) mass is 273 g/mol. The Kier molecular flexibility index (Phi) is 3.28. The number of nitrogens with one attached hydrogen (secondary N) is 1. The Balaban J connectivity index is 2.10. The SMILES string of the molecule is Cc1ncc(Br)c(NC2CCSC2)n1. The fraction of sp³-hybridized carbons (Fsp3) is 0.556. The van der Waals surface area contributed by atoms with Crippen LogP contribution in [0.15, 0.2) is 10.7 Å². The van der Waals surface area contributed by atoms with Crippen LogP contribution in [0.3, 0.4) is 0 Å². The second-order valence-corrected chi connectivity index (χ2v) is 5.32. The third kappa shape index (κ3) is 2.39. The van der Waals surface area contributed by atoms with Crippen LogP contribution in [0.1, 0.15) is 12.2 Å². The van der Waals surface area contributed by atoms with E-state index in [0.717, 1.165) is 16.1 Å². The Morgan fingerprint density at radius 3 is 3.21 bits per heavy atom. The lowest BCUT2D eigenvalue weighted by molar-refractivity contribution is 0.802. The molecule has 1 N–H and O–H groups in total. The summed E-state index contributed by atoms with van der Waals surface area (Å²) in [4.78, 5) is 8.47. The summed E-state index contributed by atoms with van der Waals surface area (Å²) >= 11 is 5.43. The van der Waals surface area contributed by atoms with Gasteiger partial charge in [-0.3, -0.25) is 0 Å². The standard InChI is InChI=1S/C9H12BrN3S/c1-6-11-4-8(10)9(12-6)13-7-2-3-14-5-7/h4,7H,2-3,5H2,1H3,(H,11,12,13). The van der Waals surface area contributed by atoms with E-state index in [9.17, 15) is 0 Å². The van der Waals surface area contributed by atoms with Gasteiger partial charge in [-0.05, 0) is 35.0 Å². The fourth-order valence-electron chi connectivity index (χ4n) is 1.40. The van der Waals surface area contributed by atoms with Gasteiger partial charge in [0.1, 0.15) is 11.6 Å². The van der Waals surface area contributed by atoms with Gasteiger partial charge in [0.25, 0.3) is 0 Å². The molecule has 0 amide bonds. The van der Waals surface area contributed by atoms with Crippen molar-refractivity contribution in [2.45, 2.75) is 19.4 Å². The maximum absolute atomic E-state index is 4.36. The highest BCUT2D eigenvalue weighted by molar-refractivity contribution is 9.10.